The summed E-state index contributed by atoms with van der Waals surface area (Å²) in [6.45, 7) is 6.65. The highest BCUT2D eigenvalue weighted by Crippen LogP contribution is 2.08. The maximum Gasteiger partial charge on any atom is 0.218 e. The highest BCUT2D eigenvalue weighted by atomic mass is 16.5. The number of hydrogen-bond acceptors (Lipinski definition) is 3. The largest absolute Gasteiger partial charge is 0.383 e. The number of primary amides is 1. The molecule has 2 N–H and O–H groups in total. The summed E-state index contributed by atoms with van der Waals surface area (Å²) in [5.74, 6) is -0.233. The Balaban J connectivity index is 4.08. The van der Waals surface area contributed by atoms with Crippen molar-refractivity contribution in [1.29, 1.82) is 0 Å². The molecule has 0 saturated carbocycles. The highest BCUT2D eigenvalue weighted by Gasteiger charge is 2.14. The second-order valence-electron chi connectivity index (χ2n) is 3.72. The van der Waals surface area contributed by atoms with Gasteiger partial charge in [-0.25, -0.2) is 0 Å². The van der Waals surface area contributed by atoms with Gasteiger partial charge in [0.2, 0.25) is 5.91 Å². The molecule has 0 saturated heterocycles. The van der Waals surface area contributed by atoms with Crippen molar-refractivity contribution in [3.05, 3.63) is 0 Å². The van der Waals surface area contributed by atoms with Crippen molar-refractivity contribution in [2.45, 2.75) is 39.2 Å². The van der Waals surface area contributed by atoms with Crippen molar-refractivity contribution >= 4 is 5.91 Å². The van der Waals surface area contributed by atoms with Gasteiger partial charge in [-0.05, 0) is 12.8 Å². The molecule has 0 aromatic heterocycles. The van der Waals surface area contributed by atoms with E-state index in [0.29, 0.717) is 19.1 Å². The lowest BCUT2D eigenvalue weighted by Gasteiger charge is -2.29. The molecule has 1 amide bonds. The summed E-state index contributed by atoms with van der Waals surface area (Å²) in [7, 11) is 1.69. The molecule has 0 aliphatic carbocycles. The molecule has 0 bridgehead atoms. The number of amides is 1. The van der Waals surface area contributed by atoms with E-state index in [2.05, 4.69) is 18.7 Å². The number of methoxy groups -OCH3 is 1. The van der Waals surface area contributed by atoms with Crippen molar-refractivity contribution in [2.75, 3.05) is 26.8 Å². The first-order valence-corrected chi connectivity index (χ1v) is 5.66. The maximum absolute atomic E-state index is 10.7. The second kappa shape index (κ2) is 8.68. The Morgan fingerprint density at radius 2 is 1.93 bits per heavy atom. The SMILES string of the molecule is CCC(CC)N(CCOC)CCC(N)=O. The van der Waals surface area contributed by atoms with E-state index in [1.807, 2.05) is 0 Å². The molecular weight excluding hydrogens is 192 g/mol. The molecule has 15 heavy (non-hydrogen) atoms. The standard InChI is InChI=1S/C11H24N2O2/c1-4-10(5-2)13(8-9-15-3)7-6-11(12)14/h10H,4-9H2,1-3H3,(H2,12,14). The Bertz CT molecular complexity index is 170. The number of carbonyl (C=O) groups is 1. The normalized spacial score (nSPS) is 11.3. The first kappa shape index (κ1) is 14.4. The van der Waals surface area contributed by atoms with Gasteiger partial charge >= 0.3 is 0 Å². The Kier molecular flexibility index (Phi) is 8.33. The van der Waals surface area contributed by atoms with E-state index in [9.17, 15) is 4.79 Å². The van der Waals surface area contributed by atoms with Crippen molar-refractivity contribution in [1.82, 2.24) is 4.90 Å². The third-order valence-corrected chi connectivity index (χ3v) is 2.69. The Morgan fingerprint density at radius 3 is 2.33 bits per heavy atom. The second-order valence-corrected chi connectivity index (χ2v) is 3.72. The molecule has 0 fully saturated rings. The molecule has 0 aromatic rings. The monoisotopic (exact) mass is 216 g/mol. The fourth-order valence-electron chi connectivity index (χ4n) is 1.74. The zero-order valence-corrected chi connectivity index (χ0v) is 10.2. The number of nitrogens with two attached hydrogens (primary N) is 1. The van der Waals surface area contributed by atoms with E-state index in [1.54, 1.807) is 7.11 Å². The summed E-state index contributed by atoms with van der Waals surface area (Å²) < 4.78 is 5.06. The molecule has 4 heteroatoms. The lowest BCUT2D eigenvalue weighted by Crippen LogP contribution is -2.39. The first-order chi connectivity index (χ1) is 7.15. The third kappa shape index (κ3) is 6.47. The summed E-state index contributed by atoms with van der Waals surface area (Å²) in [6.07, 6.45) is 2.62. The molecule has 0 radical (unpaired) electrons. The predicted molar refractivity (Wildman–Crippen MR) is 61.6 cm³/mol. The van der Waals surface area contributed by atoms with Crippen LogP contribution in [0.4, 0.5) is 0 Å². The van der Waals surface area contributed by atoms with Gasteiger partial charge in [0, 0.05) is 32.7 Å². The van der Waals surface area contributed by atoms with Crippen molar-refractivity contribution in [2.24, 2.45) is 5.73 Å². The lowest BCUT2D eigenvalue weighted by molar-refractivity contribution is -0.118. The maximum atomic E-state index is 10.7. The Labute approximate surface area is 92.8 Å². The smallest absolute Gasteiger partial charge is 0.218 e. The van der Waals surface area contributed by atoms with Crippen LogP contribution in [0.3, 0.4) is 0 Å². The van der Waals surface area contributed by atoms with Crippen LogP contribution in [0.25, 0.3) is 0 Å². The molecular formula is C11H24N2O2. The summed E-state index contributed by atoms with van der Waals surface area (Å²) >= 11 is 0. The number of ether oxygens (including phenoxy) is 1. The molecule has 0 rings (SSSR count). The Hall–Kier alpha value is -0.610. The van der Waals surface area contributed by atoms with Crippen LogP contribution in [-0.4, -0.2) is 43.7 Å². The highest BCUT2D eigenvalue weighted by molar-refractivity contribution is 5.73. The number of hydrogen-bond donors (Lipinski definition) is 1. The number of carbonyl (C=O) groups excluding carboxylic acids is 1. The van der Waals surface area contributed by atoms with Crippen LogP contribution in [0.5, 0.6) is 0 Å². The summed E-state index contributed by atoms with van der Waals surface area (Å²) in [6, 6.07) is 0.527. The topological polar surface area (TPSA) is 55.6 Å². The lowest BCUT2D eigenvalue weighted by atomic mass is 10.1. The minimum Gasteiger partial charge on any atom is -0.383 e. The van der Waals surface area contributed by atoms with Gasteiger partial charge in [0.25, 0.3) is 0 Å². The summed E-state index contributed by atoms with van der Waals surface area (Å²) in [5, 5.41) is 0. The van der Waals surface area contributed by atoms with E-state index in [0.717, 1.165) is 25.9 Å². The van der Waals surface area contributed by atoms with E-state index < -0.39 is 0 Å². The van der Waals surface area contributed by atoms with E-state index in [1.165, 1.54) is 0 Å². The van der Waals surface area contributed by atoms with Crippen molar-refractivity contribution in [3.63, 3.8) is 0 Å². The van der Waals surface area contributed by atoms with Gasteiger partial charge in [-0.15, -0.1) is 0 Å². The van der Waals surface area contributed by atoms with Crippen LogP contribution in [0.2, 0.25) is 0 Å². The Morgan fingerprint density at radius 1 is 1.33 bits per heavy atom. The fourth-order valence-corrected chi connectivity index (χ4v) is 1.74. The molecule has 0 atom stereocenters. The van der Waals surface area contributed by atoms with Crippen LogP contribution in [0, 0.1) is 0 Å². The van der Waals surface area contributed by atoms with E-state index in [-0.39, 0.29) is 5.91 Å². The predicted octanol–water partition coefficient (Wildman–Crippen LogP) is 0.999. The van der Waals surface area contributed by atoms with Crippen molar-refractivity contribution in [3.8, 4) is 0 Å². The molecule has 0 unspecified atom stereocenters. The number of rotatable bonds is 9. The van der Waals surface area contributed by atoms with Crippen LogP contribution in [0.15, 0.2) is 0 Å². The van der Waals surface area contributed by atoms with E-state index in [4.69, 9.17) is 10.5 Å². The van der Waals surface area contributed by atoms with Crippen LogP contribution < -0.4 is 5.73 Å². The molecule has 90 valence electrons. The summed E-state index contributed by atoms with van der Waals surface area (Å²) in [4.78, 5) is 13.0. The zero-order chi connectivity index (χ0) is 11.7. The van der Waals surface area contributed by atoms with Crippen LogP contribution >= 0.6 is 0 Å². The van der Waals surface area contributed by atoms with Gasteiger partial charge in [-0.1, -0.05) is 13.8 Å². The fraction of sp³-hybridized carbons (Fsp3) is 0.909. The van der Waals surface area contributed by atoms with Gasteiger partial charge in [0.15, 0.2) is 0 Å². The van der Waals surface area contributed by atoms with Gasteiger partial charge < -0.3 is 10.5 Å². The average molecular weight is 216 g/mol. The molecule has 0 aliphatic heterocycles. The van der Waals surface area contributed by atoms with Crippen LogP contribution in [0.1, 0.15) is 33.1 Å². The van der Waals surface area contributed by atoms with Gasteiger partial charge in [0.1, 0.15) is 0 Å². The van der Waals surface area contributed by atoms with Crippen molar-refractivity contribution < 1.29 is 9.53 Å². The zero-order valence-electron chi connectivity index (χ0n) is 10.2. The molecule has 4 nitrogen and oxygen atoms in total. The average Bonchev–Trinajstić information content (AvgIpc) is 2.22. The first-order valence-electron chi connectivity index (χ1n) is 5.66. The molecule has 0 aliphatic rings. The molecule has 0 spiro atoms. The third-order valence-electron chi connectivity index (χ3n) is 2.69. The quantitative estimate of drug-likeness (QED) is 0.625. The van der Waals surface area contributed by atoms with Crippen LogP contribution in [-0.2, 0) is 9.53 Å². The minimum absolute atomic E-state index is 0.233. The summed E-state index contributed by atoms with van der Waals surface area (Å²) in [5.41, 5.74) is 5.16. The molecule has 0 heterocycles. The molecule has 0 aromatic carbocycles. The minimum atomic E-state index is -0.233. The van der Waals surface area contributed by atoms with Gasteiger partial charge in [-0.3, -0.25) is 9.69 Å². The van der Waals surface area contributed by atoms with Gasteiger partial charge in [-0.2, -0.15) is 0 Å². The van der Waals surface area contributed by atoms with Gasteiger partial charge in [0.05, 0.1) is 6.61 Å². The number of nitrogens with zero attached hydrogens (tertiary/aromatic N) is 1. The van der Waals surface area contributed by atoms with E-state index >= 15 is 0 Å².